The molecule has 21 heavy (non-hydrogen) atoms. The third-order valence-electron chi connectivity index (χ3n) is 3.79. The fraction of sp³-hybridized carbons (Fsp3) is 0.294. The van der Waals surface area contributed by atoms with E-state index < -0.39 is 11.7 Å². The lowest BCUT2D eigenvalue weighted by atomic mass is 10.0. The summed E-state index contributed by atoms with van der Waals surface area (Å²) in [4.78, 5) is 0. The third kappa shape index (κ3) is 3.38. The van der Waals surface area contributed by atoms with Gasteiger partial charge < -0.3 is 5.32 Å². The Morgan fingerprint density at radius 1 is 0.905 bits per heavy atom. The van der Waals surface area contributed by atoms with Crippen LogP contribution < -0.4 is 5.32 Å². The maximum Gasteiger partial charge on any atom is 0.416 e. The van der Waals surface area contributed by atoms with E-state index in [-0.39, 0.29) is 6.04 Å². The summed E-state index contributed by atoms with van der Waals surface area (Å²) in [5.41, 5.74) is 1.29. The maximum atomic E-state index is 12.6. The molecule has 1 nitrogen and oxygen atoms in total. The zero-order valence-electron chi connectivity index (χ0n) is 11.4. The number of hydrogen-bond donors (Lipinski definition) is 1. The smallest absolute Gasteiger partial charge is 0.378 e. The first-order valence-electron chi connectivity index (χ1n) is 7.03. The van der Waals surface area contributed by atoms with Crippen molar-refractivity contribution in [2.24, 2.45) is 5.92 Å². The number of anilines is 1. The topological polar surface area (TPSA) is 12.0 Å². The fourth-order valence-corrected chi connectivity index (χ4v) is 2.50. The molecule has 2 aromatic carbocycles. The second-order valence-electron chi connectivity index (χ2n) is 5.45. The highest BCUT2D eigenvalue weighted by molar-refractivity contribution is 5.48. The summed E-state index contributed by atoms with van der Waals surface area (Å²) in [6.07, 6.45) is -1.96. The van der Waals surface area contributed by atoms with Crippen molar-refractivity contribution < 1.29 is 13.2 Å². The van der Waals surface area contributed by atoms with Gasteiger partial charge in [0.25, 0.3) is 0 Å². The molecule has 1 saturated carbocycles. The van der Waals surface area contributed by atoms with E-state index in [1.165, 1.54) is 17.7 Å². The average molecular weight is 291 g/mol. The molecule has 2 aromatic rings. The highest BCUT2D eigenvalue weighted by Gasteiger charge is 2.33. The van der Waals surface area contributed by atoms with Gasteiger partial charge in [-0.05, 0) is 48.6 Å². The van der Waals surface area contributed by atoms with Crippen LogP contribution in [0.15, 0.2) is 54.6 Å². The van der Waals surface area contributed by atoms with Gasteiger partial charge in [0.15, 0.2) is 0 Å². The van der Waals surface area contributed by atoms with Crippen LogP contribution in [-0.2, 0) is 6.18 Å². The van der Waals surface area contributed by atoms with Crippen LogP contribution in [0, 0.1) is 5.92 Å². The minimum Gasteiger partial charge on any atom is -0.378 e. The van der Waals surface area contributed by atoms with Crippen LogP contribution in [0.2, 0.25) is 0 Å². The van der Waals surface area contributed by atoms with Crippen LogP contribution >= 0.6 is 0 Å². The van der Waals surface area contributed by atoms with Crippen molar-refractivity contribution in [3.63, 3.8) is 0 Å². The first-order valence-corrected chi connectivity index (χ1v) is 7.03. The Hall–Kier alpha value is -1.97. The van der Waals surface area contributed by atoms with E-state index >= 15 is 0 Å². The molecule has 1 N–H and O–H groups in total. The standard InChI is InChI=1S/C17H16F3N/c18-17(19,20)14-8-10-15(11-9-14)21-16(13-6-7-13)12-4-2-1-3-5-12/h1-5,8-11,13,16,21H,6-7H2. The summed E-state index contributed by atoms with van der Waals surface area (Å²) in [5.74, 6) is 0.565. The van der Waals surface area contributed by atoms with Crippen LogP contribution in [-0.4, -0.2) is 0 Å². The number of nitrogens with one attached hydrogen (secondary N) is 1. The van der Waals surface area contributed by atoms with Gasteiger partial charge in [0.1, 0.15) is 0 Å². The van der Waals surface area contributed by atoms with Crippen molar-refractivity contribution >= 4 is 5.69 Å². The Bertz CT molecular complexity index is 586. The predicted octanol–water partition coefficient (Wildman–Crippen LogP) is 5.27. The largest absolute Gasteiger partial charge is 0.416 e. The summed E-state index contributed by atoms with van der Waals surface area (Å²) >= 11 is 0. The lowest BCUT2D eigenvalue weighted by Gasteiger charge is -2.20. The minimum atomic E-state index is -4.28. The van der Waals surface area contributed by atoms with Gasteiger partial charge >= 0.3 is 6.18 Å². The summed E-state index contributed by atoms with van der Waals surface area (Å²) < 4.78 is 37.7. The van der Waals surface area contributed by atoms with Gasteiger partial charge in [-0.25, -0.2) is 0 Å². The van der Waals surface area contributed by atoms with Gasteiger partial charge in [-0.3, -0.25) is 0 Å². The monoisotopic (exact) mass is 291 g/mol. The van der Waals surface area contributed by atoms with Gasteiger partial charge in [0, 0.05) is 5.69 Å². The van der Waals surface area contributed by atoms with E-state index in [1.807, 2.05) is 18.2 Å². The van der Waals surface area contributed by atoms with Crippen molar-refractivity contribution in [2.75, 3.05) is 5.32 Å². The molecule has 0 radical (unpaired) electrons. The van der Waals surface area contributed by atoms with Gasteiger partial charge in [0.2, 0.25) is 0 Å². The fourth-order valence-electron chi connectivity index (χ4n) is 2.50. The zero-order chi connectivity index (χ0) is 14.9. The molecule has 1 aliphatic rings. The molecule has 110 valence electrons. The molecule has 0 aromatic heterocycles. The lowest BCUT2D eigenvalue weighted by Crippen LogP contribution is -2.13. The molecular weight excluding hydrogens is 275 g/mol. The average Bonchev–Trinajstić information content (AvgIpc) is 3.30. The second kappa shape index (κ2) is 5.43. The first kappa shape index (κ1) is 14.0. The Morgan fingerprint density at radius 3 is 2.05 bits per heavy atom. The molecule has 0 aliphatic heterocycles. The summed E-state index contributed by atoms with van der Waals surface area (Å²) in [6.45, 7) is 0. The SMILES string of the molecule is FC(F)(F)c1ccc(NC(c2ccccc2)C2CC2)cc1. The molecule has 1 aliphatic carbocycles. The van der Waals surface area contributed by atoms with Gasteiger partial charge in [-0.1, -0.05) is 30.3 Å². The highest BCUT2D eigenvalue weighted by Crippen LogP contribution is 2.43. The Balaban J connectivity index is 1.78. The van der Waals surface area contributed by atoms with Gasteiger partial charge in [-0.2, -0.15) is 13.2 Å². The number of alkyl halides is 3. The first-order chi connectivity index (χ1) is 10.0. The van der Waals surface area contributed by atoms with E-state index in [0.717, 1.165) is 30.7 Å². The molecule has 0 saturated heterocycles. The van der Waals surface area contributed by atoms with Crippen molar-refractivity contribution in [1.29, 1.82) is 0 Å². The van der Waals surface area contributed by atoms with Crippen LogP contribution in [0.1, 0.15) is 30.0 Å². The zero-order valence-corrected chi connectivity index (χ0v) is 11.4. The molecular formula is C17H16F3N. The molecule has 0 bridgehead atoms. The summed E-state index contributed by atoms with van der Waals surface area (Å²) in [5, 5.41) is 3.37. The van der Waals surface area contributed by atoms with Crippen molar-refractivity contribution in [3.8, 4) is 0 Å². The molecule has 1 atom stereocenters. The van der Waals surface area contributed by atoms with Crippen molar-refractivity contribution in [2.45, 2.75) is 25.1 Å². The molecule has 0 heterocycles. The minimum absolute atomic E-state index is 0.169. The van der Waals surface area contributed by atoms with Crippen LogP contribution in [0.4, 0.5) is 18.9 Å². The van der Waals surface area contributed by atoms with Gasteiger partial charge in [0.05, 0.1) is 11.6 Å². The van der Waals surface area contributed by atoms with Crippen molar-refractivity contribution in [1.82, 2.24) is 0 Å². The van der Waals surface area contributed by atoms with Gasteiger partial charge in [-0.15, -0.1) is 0 Å². The van der Waals surface area contributed by atoms with Crippen molar-refractivity contribution in [3.05, 3.63) is 65.7 Å². The van der Waals surface area contributed by atoms with E-state index in [9.17, 15) is 13.2 Å². The van der Waals surface area contributed by atoms with E-state index in [2.05, 4.69) is 17.4 Å². The molecule has 1 unspecified atom stereocenters. The molecule has 3 rings (SSSR count). The van der Waals surface area contributed by atoms with Crippen LogP contribution in [0.5, 0.6) is 0 Å². The highest BCUT2D eigenvalue weighted by atomic mass is 19.4. The predicted molar refractivity (Wildman–Crippen MR) is 77.0 cm³/mol. The summed E-state index contributed by atoms with van der Waals surface area (Å²) in [6, 6.07) is 15.5. The Morgan fingerprint density at radius 2 is 1.52 bits per heavy atom. The van der Waals surface area contributed by atoms with Crippen LogP contribution in [0.25, 0.3) is 0 Å². The number of halogens is 3. The molecule has 1 fully saturated rings. The second-order valence-corrected chi connectivity index (χ2v) is 5.45. The third-order valence-corrected chi connectivity index (χ3v) is 3.79. The van der Waals surface area contributed by atoms with E-state index in [4.69, 9.17) is 0 Å². The number of rotatable bonds is 4. The molecule has 0 spiro atoms. The normalized spacial score (nSPS) is 16.5. The summed E-state index contributed by atoms with van der Waals surface area (Å²) in [7, 11) is 0. The lowest BCUT2D eigenvalue weighted by molar-refractivity contribution is -0.137. The Labute approximate surface area is 121 Å². The van der Waals surface area contributed by atoms with Crippen LogP contribution in [0.3, 0.4) is 0 Å². The number of hydrogen-bond acceptors (Lipinski definition) is 1. The number of benzene rings is 2. The Kier molecular flexibility index (Phi) is 3.62. The molecule has 0 amide bonds. The van der Waals surface area contributed by atoms with E-state index in [0.29, 0.717) is 5.92 Å². The maximum absolute atomic E-state index is 12.6. The van der Waals surface area contributed by atoms with E-state index in [1.54, 1.807) is 0 Å². The molecule has 4 heteroatoms. The quantitative estimate of drug-likeness (QED) is 0.809.